The third-order valence-electron chi connectivity index (χ3n) is 2.11. The molecular formula is C12H13ClO. The Bertz CT molecular complexity index is 367. The molecular weight excluding hydrogens is 196 g/mol. The Morgan fingerprint density at radius 2 is 2.21 bits per heavy atom. The van der Waals surface area contributed by atoms with E-state index < -0.39 is 0 Å². The highest BCUT2D eigenvalue weighted by atomic mass is 35.5. The quantitative estimate of drug-likeness (QED) is 0.548. The summed E-state index contributed by atoms with van der Waals surface area (Å²) in [6.45, 7) is 3.91. The first-order valence-corrected chi connectivity index (χ1v) is 4.97. The molecule has 0 heterocycles. The van der Waals surface area contributed by atoms with Gasteiger partial charge in [-0.05, 0) is 42.2 Å². The second kappa shape index (κ2) is 4.97. The summed E-state index contributed by atoms with van der Waals surface area (Å²) >= 11 is 5.97. The fourth-order valence-corrected chi connectivity index (χ4v) is 1.32. The Balaban J connectivity index is 3.03. The smallest absolute Gasteiger partial charge is 0.146 e. The molecule has 1 nitrogen and oxygen atoms in total. The summed E-state index contributed by atoms with van der Waals surface area (Å²) in [6.07, 6.45) is 3.49. The van der Waals surface area contributed by atoms with Crippen LogP contribution in [0.1, 0.15) is 24.5 Å². The molecule has 1 aromatic rings. The SMILES string of the molecule is CC/C(C=O)=C/c1ccc(C)c(Cl)c1. The zero-order chi connectivity index (χ0) is 10.6. The molecule has 0 saturated heterocycles. The van der Waals surface area contributed by atoms with Gasteiger partial charge in [0.05, 0.1) is 0 Å². The Morgan fingerprint density at radius 3 is 2.71 bits per heavy atom. The number of allylic oxidation sites excluding steroid dienone is 1. The van der Waals surface area contributed by atoms with E-state index in [0.717, 1.165) is 34.4 Å². The molecule has 1 rings (SSSR count). The van der Waals surface area contributed by atoms with Crippen molar-refractivity contribution in [3.63, 3.8) is 0 Å². The second-order valence-electron chi connectivity index (χ2n) is 3.20. The minimum atomic E-state index is 0.736. The number of benzene rings is 1. The van der Waals surface area contributed by atoms with E-state index in [2.05, 4.69) is 0 Å². The van der Waals surface area contributed by atoms with Crippen LogP contribution < -0.4 is 0 Å². The van der Waals surface area contributed by atoms with Crippen LogP contribution in [0, 0.1) is 6.92 Å². The number of carbonyl (C=O) groups excluding carboxylic acids is 1. The number of aldehydes is 1. The summed E-state index contributed by atoms with van der Waals surface area (Å²) < 4.78 is 0. The average Bonchev–Trinajstić information content (AvgIpc) is 2.19. The molecule has 0 bridgehead atoms. The van der Waals surface area contributed by atoms with Crippen molar-refractivity contribution in [2.75, 3.05) is 0 Å². The van der Waals surface area contributed by atoms with E-state index in [9.17, 15) is 4.79 Å². The maximum atomic E-state index is 10.6. The van der Waals surface area contributed by atoms with E-state index in [4.69, 9.17) is 11.6 Å². The van der Waals surface area contributed by atoms with Gasteiger partial charge in [0.25, 0.3) is 0 Å². The number of rotatable bonds is 3. The van der Waals surface area contributed by atoms with Gasteiger partial charge in [-0.2, -0.15) is 0 Å². The lowest BCUT2D eigenvalue weighted by Crippen LogP contribution is -1.83. The second-order valence-corrected chi connectivity index (χ2v) is 3.61. The van der Waals surface area contributed by atoms with E-state index in [1.165, 1.54) is 0 Å². The van der Waals surface area contributed by atoms with Gasteiger partial charge in [0.2, 0.25) is 0 Å². The first kappa shape index (κ1) is 11.0. The number of hydrogen-bond acceptors (Lipinski definition) is 1. The molecule has 0 aromatic heterocycles. The van der Waals surface area contributed by atoms with Crippen molar-refractivity contribution in [2.24, 2.45) is 0 Å². The van der Waals surface area contributed by atoms with Crippen LogP contribution in [-0.4, -0.2) is 6.29 Å². The van der Waals surface area contributed by atoms with Crippen molar-refractivity contribution in [1.82, 2.24) is 0 Å². The molecule has 0 N–H and O–H groups in total. The van der Waals surface area contributed by atoms with Gasteiger partial charge in [-0.1, -0.05) is 30.7 Å². The van der Waals surface area contributed by atoms with Crippen LogP contribution in [0.3, 0.4) is 0 Å². The monoisotopic (exact) mass is 208 g/mol. The normalized spacial score (nSPS) is 11.5. The van der Waals surface area contributed by atoms with Crippen LogP contribution in [0.5, 0.6) is 0 Å². The Kier molecular flexibility index (Phi) is 3.90. The largest absolute Gasteiger partial charge is 0.298 e. The van der Waals surface area contributed by atoms with E-state index in [1.807, 2.05) is 38.1 Å². The number of carbonyl (C=O) groups is 1. The molecule has 1 aromatic carbocycles. The molecule has 0 aliphatic carbocycles. The summed E-state index contributed by atoms with van der Waals surface area (Å²) in [5, 5.41) is 0.736. The van der Waals surface area contributed by atoms with Crippen LogP contribution in [-0.2, 0) is 4.79 Å². The molecule has 0 saturated carbocycles. The number of aryl methyl sites for hydroxylation is 1. The minimum Gasteiger partial charge on any atom is -0.298 e. The van der Waals surface area contributed by atoms with Crippen LogP contribution in [0.4, 0.5) is 0 Å². The highest BCUT2D eigenvalue weighted by molar-refractivity contribution is 6.31. The van der Waals surface area contributed by atoms with Gasteiger partial charge in [0, 0.05) is 5.02 Å². The van der Waals surface area contributed by atoms with Gasteiger partial charge in [-0.25, -0.2) is 0 Å². The summed E-state index contributed by atoms with van der Waals surface area (Å²) in [5.41, 5.74) is 2.81. The summed E-state index contributed by atoms with van der Waals surface area (Å²) in [7, 11) is 0. The van der Waals surface area contributed by atoms with Gasteiger partial charge in [-0.3, -0.25) is 4.79 Å². The van der Waals surface area contributed by atoms with Gasteiger partial charge >= 0.3 is 0 Å². The van der Waals surface area contributed by atoms with Gasteiger partial charge in [0.15, 0.2) is 0 Å². The molecule has 0 unspecified atom stereocenters. The molecule has 0 aliphatic heterocycles. The van der Waals surface area contributed by atoms with Crippen molar-refractivity contribution >= 4 is 24.0 Å². The summed E-state index contributed by atoms with van der Waals surface area (Å²) in [6, 6.07) is 5.78. The highest BCUT2D eigenvalue weighted by Crippen LogP contribution is 2.18. The van der Waals surface area contributed by atoms with E-state index in [1.54, 1.807) is 0 Å². The molecule has 0 spiro atoms. The van der Waals surface area contributed by atoms with Crippen molar-refractivity contribution < 1.29 is 4.79 Å². The van der Waals surface area contributed by atoms with E-state index in [0.29, 0.717) is 0 Å². The van der Waals surface area contributed by atoms with Gasteiger partial charge < -0.3 is 0 Å². The Morgan fingerprint density at radius 1 is 1.50 bits per heavy atom. The Hall–Kier alpha value is -1.08. The van der Waals surface area contributed by atoms with E-state index in [-0.39, 0.29) is 0 Å². The predicted octanol–water partition coefficient (Wildman–Crippen LogP) is 3.64. The third kappa shape index (κ3) is 2.71. The first-order chi connectivity index (χ1) is 6.67. The van der Waals surface area contributed by atoms with Crippen LogP contribution in [0.2, 0.25) is 5.02 Å². The molecule has 0 radical (unpaired) electrons. The standard InChI is InChI=1S/C12H13ClO/c1-3-10(8-14)6-11-5-4-9(2)12(13)7-11/h4-8H,3H2,1-2H3/b10-6-. The molecule has 2 heteroatoms. The first-order valence-electron chi connectivity index (χ1n) is 4.59. The molecule has 74 valence electrons. The van der Waals surface area contributed by atoms with Crippen LogP contribution >= 0.6 is 11.6 Å². The van der Waals surface area contributed by atoms with Gasteiger partial charge in [0.1, 0.15) is 6.29 Å². The summed E-state index contributed by atoms with van der Waals surface area (Å²) in [4.78, 5) is 10.6. The predicted molar refractivity (Wildman–Crippen MR) is 60.5 cm³/mol. The summed E-state index contributed by atoms with van der Waals surface area (Å²) in [5.74, 6) is 0. The number of halogens is 1. The van der Waals surface area contributed by atoms with E-state index >= 15 is 0 Å². The molecule has 0 atom stereocenters. The van der Waals surface area contributed by atoms with Crippen molar-refractivity contribution in [3.05, 3.63) is 39.9 Å². The zero-order valence-corrected chi connectivity index (χ0v) is 9.14. The van der Waals surface area contributed by atoms with Crippen molar-refractivity contribution in [1.29, 1.82) is 0 Å². The van der Waals surface area contributed by atoms with Crippen LogP contribution in [0.25, 0.3) is 6.08 Å². The van der Waals surface area contributed by atoms with Crippen molar-refractivity contribution in [3.8, 4) is 0 Å². The third-order valence-corrected chi connectivity index (χ3v) is 2.51. The molecule has 0 fully saturated rings. The molecule has 0 amide bonds. The zero-order valence-electron chi connectivity index (χ0n) is 8.38. The molecule has 0 aliphatic rings. The lowest BCUT2D eigenvalue weighted by atomic mass is 10.1. The van der Waals surface area contributed by atoms with Gasteiger partial charge in [-0.15, -0.1) is 0 Å². The fourth-order valence-electron chi connectivity index (χ4n) is 1.13. The van der Waals surface area contributed by atoms with Crippen molar-refractivity contribution in [2.45, 2.75) is 20.3 Å². The number of hydrogen-bond donors (Lipinski definition) is 0. The Labute approximate surface area is 89.4 Å². The highest BCUT2D eigenvalue weighted by Gasteiger charge is 1.97. The fraction of sp³-hybridized carbons (Fsp3) is 0.250. The van der Waals surface area contributed by atoms with Crippen LogP contribution in [0.15, 0.2) is 23.8 Å². The maximum absolute atomic E-state index is 10.6. The molecule has 14 heavy (non-hydrogen) atoms. The average molecular weight is 209 g/mol. The maximum Gasteiger partial charge on any atom is 0.146 e. The lowest BCUT2D eigenvalue weighted by Gasteiger charge is -2.00. The topological polar surface area (TPSA) is 17.1 Å². The minimum absolute atomic E-state index is 0.736. The lowest BCUT2D eigenvalue weighted by molar-refractivity contribution is -0.104.